The van der Waals surface area contributed by atoms with Crippen LogP contribution in [0.3, 0.4) is 0 Å². The van der Waals surface area contributed by atoms with Crippen LogP contribution in [-0.4, -0.2) is 25.1 Å². The predicted molar refractivity (Wildman–Crippen MR) is 82.6 cm³/mol. The van der Waals surface area contributed by atoms with E-state index < -0.39 is 36.7 Å². The maximum absolute atomic E-state index is 13.4. The van der Waals surface area contributed by atoms with Gasteiger partial charge in [0, 0.05) is 6.07 Å². The third-order valence-electron chi connectivity index (χ3n) is 2.92. The van der Waals surface area contributed by atoms with Crippen LogP contribution in [0.5, 0.6) is 5.75 Å². The summed E-state index contributed by atoms with van der Waals surface area (Å²) in [7, 11) is 0. The second-order valence-corrected chi connectivity index (χ2v) is 4.73. The van der Waals surface area contributed by atoms with Gasteiger partial charge in [-0.2, -0.15) is 5.26 Å². The Morgan fingerprint density at radius 2 is 1.88 bits per heavy atom. The minimum atomic E-state index is -0.948. The van der Waals surface area contributed by atoms with E-state index in [1.165, 1.54) is 12.1 Å². The smallest absolute Gasteiger partial charge is 0.344 e. The monoisotopic (exact) mass is 346 g/mol. The topological polar surface area (TPSA) is 88.4 Å². The van der Waals surface area contributed by atoms with Gasteiger partial charge < -0.3 is 14.8 Å². The van der Waals surface area contributed by atoms with E-state index in [4.69, 9.17) is 10.00 Å². The Hall–Kier alpha value is -3.47. The molecular weight excluding hydrogens is 334 g/mol. The highest BCUT2D eigenvalue weighted by Gasteiger charge is 2.12. The van der Waals surface area contributed by atoms with Gasteiger partial charge in [-0.25, -0.2) is 13.6 Å². The van der Waals surface area contributed by atoms with Crippen molar-refractivity contribution >= 4 is 17.6 Å². The van der Waals surface area contributed by atoms with Crippen LogP contribution in [0.2, 0.25) is 0 Å². The van der Waals surface area contributed by atoms with Gasteiger partial charge in [0.1, 0.15) is 23.5 Å². The zero-order valence-corrected chi connectivity index (χ0v) is 12.8. The quantitative estimate of drug-likeness (QED) is 0.812. The first kappa shape index (κ1) is 17.9. The van der Waals surface area contributed by atoms with Crippen molar-refractivity contribution < 1.29 is 27.8 Å². The largest absolute Gasteiger partial charge is 0.481 e. The maximum Gasteiger partial charge on any atom is 0.344 e. The minimum Gasteiger partial charge on any atom is -0.481 e. The van der Waals surface area contributed by atoms with Crippen molar-refractivity contribution in [2.45, 2.75) is 0 Å². The number of halogens is 2. The van der Waals surface area contributed by atoms with E-state index in [9.17, 15) is 18.4 Å². The lowest BCUT2D eigenvalue weighted by Crippen LogP contribution is -2.24. The Morgan fingerprint density at radius 3 is 2.60 bits per heavy atom. The number of hydrogen-bond donors (Lipinski definition) is 1. The van der Waals surface area contributed by atoms with Crippen molar-refractivity contribution in [3.63, 3.8) is 0 Å². The Kier molecular flexibility index (Phi) is 6.01. The van der Waals surface area contributed by atoms with E-state index >= 15 is 0 Å². The fourth-order valence-electron chi connectivity index (χ4n) is 1.79. The third kappa shape index (κ3) is 5.28. The fraction of sp³-hybridized carbons (Fsp3) is 0.118. The number of hydrogen-bond acceptors (Lipinski definition) is 5. The van der Waals surface area contributed by atoms with Gasteiger partial charge in [-0.15, -0.1) is 0 Å². The molecule has 0 bridgehead atoms. The van der Waals surface area contributed by atoms with Crippen molar-refractivity contribution in [3.05, 3.63) is 59.7 Å². The molecule has 25 heavy (non-hydrogen) atoms. The van der Waals surface area contributed by atoms with Crippen molar-refractivity contribution in [1.82, 2.24) is 0 Å². The van der Waals surface area contributed by atoms with Gasteiger partial charge in [-0.3, -0.25) is 4.79 Å². The molecule has 0 heterocycles. The highest BCUT2D eigenvalue weighted by Crippen LogP contribution is 2.16. The number of benzene rings is 2. The second-order valence-electron chi connectivity index (χ2n) is 4.73. The zero-order chi connectivity index (χ0) is 18.2. The van der Waals surface area contributed by atoms with E-state index in [0.29, 0.717) is 6.07 Å². The molecule has 0 atom stereocenters. The van der Waals surface area contributed by atoms with Crippen LogP contribution in [0.4, 0.5) is 14.5 Å². The third-order valence-corrected chi connectivity index (χ3v) is 2.92. The zero-order valence-electron chi connectivity index (χ0n) is 12.8. The van der Waals surface area contributed by atoms with E-state index in [-0.39, 0.29) is 17.0 Å². The molecule has 0 aliphatic heterocycles. The number of para-hydroxylation sites is 1. The maximum atomic E-state index is 13.4. The van der Waals surface area contributed by atoms with E-state index in [1.54, 1.807) is 12.1 Å². The summed E-state index contributed by atoms with van der Waals surface area (Å²) < 4.78 is 36.0. The molecule has 0 radical (unpaired) electrons. The SMILES string of the molecule is N#Cc1ccccc1OCC(=O)OCC(=O)Nc1ccc(F)cc1F. The molecule has 2 rings (SSSR count). The van der Waals surface area contributed by atoms with E-state index in [0.717, 1.165) is 12.1 Å². The van der Waals surface area contributed by atoms with Crippen LogP contribution in [0.1, 0.15) is 5.56 Å². The number of carbonyl (C=O) groups excluding carboxylic acids is 2. The molecule has 0 aliphatic rings. The van der Waals surface area contributed by atoms with Gasteiger partial charge >= 0.3 is 5.97 Å². The first-order chi connectivity index (χ1) is 12.0. The number of amides is 1. The molecule has 128 valence electrons. The Bertz CT molecular complexity index is 834. The van der Waals surface area contributed by atoms with Crippen LogP contribution in [0, 0.1) is 23.0 Å². The van der Waals surface area contributed by atoms with Crippen molar-refractivity contribution in [1.29, 1.82) is 5.26 Å². The van der Waals surface area contributed by atoms with Crippen molar-refractivity contribution in [2.24, 2.45) is 0 Å². The normalized spacial score (nSPS) is 9.80. The van der Waals surface area contributed by atoms with E-state index in [2.05, 4.69) is 10.1 Å². The number of ether oxygens (including phenoxy) is 2. The minimum absolute atomic E-state index is 0.208. The molecule has 0 aliphatic carbocycles. The van der Waals surface area contributed by atoms with Gasteiger partial charge in [0.2, 0.25) is 0 Å². The summed E-state index contributed by atoms with van der Waals surface area (Å²) in [5.41, 5.74) is 0.0153. The highest BCUT2D eigenvalue weighted by molar-refractivity contribution is 5.92. The first-order valence-corrected chi connectivity index (χ1v) is 7.02. The lowest BCUT2D eigenvalue weighted by atomic mass is 10.2. The Labute approximate surface area is 141 Å². The van der Waals surface area contributed by atoms with Crippen LogP contribution >= 0.6 is 0 Å². The molecular formula is C17H12F2N2O4. The molecule has 1 amide bonds. The average molecular weight is 346 g/mol. The first-order valence-electron chi connectivity index (χ1n) is 7.02. The number of esters is 1. The molecule has 2 aromatic carbocycles. The number of rotatable bonds is 6. The molecule has 0 fully saturated rings. The highest BCUT2D eigenvalue weighted by atomic mass is 19.1. The summed E-state index contributed by atoms with van der Waals surface area (Å²) >= 11 is 0. The molecule has 8 heteroatoms. The summed E-state index contributed by atoms with van der Waals surface area (Å²) in [4.78, 5) is 23.1. The van der Waals surface area contributed by atoms with Crippen LogP contribution in [0.15, 0.2) is 42.5 Å². The lowest BCUT2D eigenvalue weighted by Gasteiger charge is -2.09. The second kappa shape index (κ2) is 8.40. The average Bonchev–Trinajstić information content (AvgIpc) is 2.60. The molecule has 0 unspecified atom stereocenters. The number of carbonyl (C=O) groups is 2. The summed E-state index contributed by atoms with van der Waals surface area (Å²) in [5.74, 6) is -3.16. The number of nitriles is 1. The standard InChI is InChI=1S/C17H12F2N2O4/c18-12-5-6-14(13(19)7-12)21-16(22)9-25-17(23)10-24-15-4-2-1-3-11(15)8-20/h1-7H,9-10H2,(H,21,22). The molecule has 0 aromatic heterocycles. The number of nitrogens with one attached hydrogen (secondary N) is 1. The molecule has 0 saturated heterocycles. The molecule has 1 N–H and O–H groups in total. The lowest BCUT2D eigenvalue weighted by molar-refractivity contribution is -0.149. The number of nitrogens with zero attached hydrogens (tertiary/aromatic N) is 1. The molecule has 6 nitrogen and oxygen atoms in total. The summed E-state index contributed by atoms with van der Waals surface area (Å²) in [5, 5.41) is 11.0. The molecule has 0 spiro atoms. The summed E-state index contributed by atoms with van der Waals surface area (Å²) in [6, 6.07) is 10.8. The van der Waals surface area contributed by atoms with Gasteiger partial charge in [-0.05, 0) is 24.3 Å². The van der Waals surface area contributed by atoms with Crippen LogP contribution < -0.4 is 10.1 Å². The van der Waals surface area contributed by atoms with Crippen molar-refractivity contribution in [3.8, 4) is 11.8 Å². The van der Waals surface area contributed by atoms with Gasteiger partial charge in [-0.1, -0.05) is 12.1 Å². The van der Waals surface area contributed by atoms with Crippen LogP contribution in [-0.2, 0) is 14.3 Å². The van der Waals surface area contributed by atoms with Crippen LogP contribution in [0.25, 0.3) is 0 Å². The van der Waals surface area contributed by atoms with Gasteiger partial charge in [0.05, 0.1) is 11.3 Å². The van der Waals surface area contributed by atoms with Gasteiger partial charge in [0.25, 0.3) is 5.91 Å². The molecule has 0 saturated carbocycles. The predicted octanol–water partition coefficient (Wildman–Crippen LogP) is 2.40. The van der Waals surface area contributed by atoms with Gasteiger partial charge in [0.15, 0.2) is 13.2 Å². The van der Waals surface area contributed by atoms with E-state index in [1.807, 2.05) is 6.07 Å². The Morgan fingerprint density at radius 1 is 1.12 bits per heavy atom. The van der Waals surface area contributed by atoms with Crippen molar-refractivity contribution in [2.75, 3.05) is 18.5 Å². The Balaban J connectivity index is 1.79. The molecule has 2 aromatic rings. The number of anilines is 1. The summed E-state index contributed by atoms with van der Waals surface area (Å²) in [6.45, 7) is -1.17. The summed E-state index contributed by atoms with van der Waals surface area (Å²) in [6.07, 6.45) is 0. The fourth-order valence-corrected chi connectivity index (χ4v) is 1.79.